The highest BCUT2D eigenvalue weighted by Crippen LogP contribution is 2.23. The molecule has 16 heavy (non-hydrogen) atoms. The van der Waals surface area contributed by atoms with Crippen molar-refractivity contribution in [1.29, 1.82) is 0 Å². The summed E-state index contributed by atoms with van der Waals surface area (Å²) in [5, 5.41) is 0. The van der Waals surface area contributed by atoms with Gasteiger partial charge in [0.2, 0.25) is 0 Å². The van der Waals surface area contributed by atoms with Crippen molar-refractivity contribution in [2.24, 2.45) is 5.84 Å². The van der Waals surface area contributed by atoms with Crippen molar-refractivity contribution in [3.63, 3.8) is 0 Å². The van der Waals surface area contributed by atoms with E-state index < -0.39 is 0 Å². The Bertz CT molecular complexity index is 443. The average molecular weight is 216 g/mol. The van der Waals surface area contributed by atoms with E-state index in [0.717, 1.165) is 11.1 Å². The van der Waals surface area contributed by atoms with Gasteiger partial charge in [-0.2, -0.15) is 0 Å². The number of hydrogen-bond acceptors (Lipinski definition) is 3. The van der Waals surface area contributed by atoms with Gasteiger partial charge >= 0.3 is 0 Å². The number of rotatable bonds is 3. The van der Waals surface area contributed by atoms with Crippen molar-refractivity contribution in [3.8, 4) is 0 Å². The molecular formula is C13H16N2O. The largest absolute Gasteiger partial charge is 0.472 e. The predicted molar refractivity (Wildman–Crippen MR) is 63.8 cm³/mol. The van der Waals surface area contributed by atoms with Crippen LogP contribution >= 0.6 is 0 Å². The summed E-state index contributed by atoms with van der Waals surface area (Å²) >= 11 is 0. The van der Waals surface area contributed by atoms with Gasteiger partial charge in [0.25, 0.3) is 0 Å². The average Bonchev–Trinajstić information content (AvgIpc) is 2.70. The summed E-state index contributed by atoms with van der Waals surface area (Å²) in [7, 11) is 0. The molecule has 0 amide bonds. The zero-order valence-corrected chi connectivity index (χ0v) is 9.53. The number of nitrogens with two attached hydrogens (primary N) is 1. The van der Waals surface area contributed by atoms with E-state index in [9.17, 15) is 0 Å². The lowest BCUT2D eigenvalue weighted by atomic mass is 9.98. The Labute approximate surface area is 95.2 Å². The Balaban J connectivity index is 2.41. The molecule has 3 nitrogen and oxygen atoms in total. The number of benzene rings is 1. The van der Waals surface area contributed by atoms with Crippen LogP contribution in [0.25, 0.3) is 0 Å². The first kappa shape index (κ1) is 10.9. The first-order valence-corrected chi connectivity index (χ1v) is 5.27. The topological polar surface area (TPSA) is 51.2 Å². The highest BCUT2D eigenvalue weighted by atomic mass is 16.3. The van der Waals surface area contributed by atoms with Crippen LogP contribution in [0, 0.1) is 13.8 Å². The molecule has 0 aliphatic heterocycles. The lowest BCUT2D eigenvalue weighted by Gasteiger charge is -2.16. The maximum Gasteiger partial charge on any atom is 0.0954 e. The molecule has 1 aromatic heterocycles. The van der Waals surface area contributed by atoms with Crippen molar-refractivity contribution in [3.05, 3.63) is 59.0 Å². The zero-order valence-electron chi connectivity index (χ0n) is 9.53. The van der Waals surface area contributed by atoms with Crippen LogP contribution in [0.1, 0.15) is 28.3 Å². The summed E-state index contributed by atoms with van der Waals surface area (Å²) < 4.78 is 5.08. The summed E-state index contributed by atoms with van der Waals surface area (Å²) in [4.78, 5) is 0. The lowest BCUT2D eigenvalue weighted by Crippen LogP contribution is -2.28. The summed E-state index contributed by atoms with van der Waals surface area (Å²) in [6.45, 7) is 4.17. The monoisotopic (exact) mass is 216 g/mol. The van der Waals surface area contributed by atoms with Gasteiger partial charge in [-0.3, -0.25) is 5.84 Å². The highest BCUT2D eigenvalue weighted by Gasteiger charge is 2.13. The van der Waals surface area contributed by atoms with Gasteiger partial charge in [-0.1, -0.05) is 29.3 Å². The van der Waals surface area contributed by atoms with E-state index >= 15 is 0 Å². The number of furan rings is 1. The minimum Gasteiger partial charge on any atom is -0.472 e. The fraction of sp³-hybridized carbons (Fsp3) is 0.231. The SMILES string of the molecule is Cc1cc(C)cc(C(NN)c2ccoc2)c1. The Hall–Kier alpha value is -1.58. The second kappa shape index (κ2) is 4.51. The van der Waals surface area contributed by atoms with Crippen LogP contribution < -0.4 is 11.3 Å². The van der Waals surface area contributed by atoms with Crippen LogP contribution in [0.15, 0.2) is 41.2 Å². The lowest BCUT2D eigenvalue weighted by molar-refractivity contribution is 0.553. The summed E-state index contributed by atoms with van der Waals surface area (Å²) in [6.07, 6.45) is 3.37. The molecule has 3 N–H and O–H groups in total. The van der Waals surface area contributed by atoms with Gasteiger partial charge in [0.1, 0.15) is 0 Å². The third-order valence-corrected chi connectivity index (χ3v) is 2.62. The van der Waals surface area contributed by atoms with Crippen molar-refractivity contribution in [2.75, 3.05) is 0 Å². The van der Waals surface area contributed by atoms with E-state index in [1.807, 2.05) is 6.07 Å². The molecule has 0 saturated carbocycles. The Kier molecular flexibility index (Phi) is 3.08. The fourth-order valence-corrected chi connectivity index (χ4v) is 2.00. The second-order valence-corrected chi connectivity index (χ2v) is 4.08. The molecule has 1 atom stereocenters. The molecule has 2 rings (SSSR count). The molecule has 1 heterocycles. The Morgan fingerprint density at radius 2 is 1.81 bits per heavy atom. The van der Waals surface area contributed by atoms with Gasteiger partial charge in [0.15, 0.2) is 0 Å². The maximum atomic E-state index is 5.60. The molecule has 3 heteroatoms. The summed E-state index contributed by atoms with van der Waals surface area (Å²) in [5.41, 5.74) is 7.47. The molecular weight excluding hydrogens is 200 g/mol. The fourth-order valence-electron chi connectivity index (χ4n) is 2.00. The molecule has 0 saturated heterocycles. The molecule has 0 radical (unpaired) electrons. The van der Waals surface area contributed by atoms with Gasteiger partial charge in [-0.05, 0) is 25.5 Å². The molecule has 0 fully saturated rings. The second-order valence-electron chi connectivity index (χ2n) is 4.08. The van der Waals surface area contributed by atoms with E-state index in [2.05, 4.69) is 37.5 Å². The Morgan fingerprint density at radius 1 is 1.12 bits per heavy atom. The van der Waals surface area contributed by atoms with E-state index in [1.165, 1.54) is 11.1 Å². The highest BCUT2D eigenvalue weighted by molar-refractivity contribution is 5.35. The summed E-state index contributed by atoms with van der Waals surface area (Å²) in [6, 6.07) is 8.31. The van der Waals surface area contributed by atoms with E-state index in [4.69, 9.17) is 10.3 Å². The molecule has 0 bridgehead atoms. The first-order valence-electron chi connectivity index (χ1n) is 5.27. The van der Waals surface area contributed by atoms with Crippen molar-refractivity contribution in [2.45, 2.75) is 19.9 Å². The van der Waals surface area contributed by atoms with E-state index in [-0.39, 0.29) is 6.04 Å². The number of hydrazine groups is 1. The maximum absolute atomic E-state index is 5.60. The van der Waals surface area contributed by atoms with Crippen molar-refractivity contribution < 1.29 is 4.42 Å². The van der Waals surface area contributed by atoms with Crippen LogP contribution in [0.5, 0.6) is 0 Å². The Morgan fingerprint density at radius 3 is 2.31 bits per heavy atom. The predicted octanol–water partition coefficient (Wildman–Crippen LogP) is 2.45. The minimum absolute atomic E-state index is 0.0163. The normalized spacial score (nSPS) is 12.7. The van der Waals surface area contributed by atoms with Crippen LogP contribution in [0.3, 0.4) is 0 Å². The molecule has 84 valence electrons. The van der Waals surface area contributed by atoms with Crippen molar-refractivity contribution in [1.82, 2.24) is 5.43 Å². The standard InChI is InChI=1S/C13H16N2O/c1-9-5-10(2)7-12(6-9)13(15-14)11-3-4-16-8-11/h3-8,13,15H,14H2,1-2H3. The smallest absolute Gasteiger partial charge is 0.0954 e. The zero-order chi connectivity index (χ0) is 11.5. The third-order valence-electron chi connectivity index (χ3n) is 2.62. The van der Waals surface area contributed by atoms with Gasteiger partial charge in [0.05, 0.1) is 18.6 Å². The van der Waals surface area contributed by atoms with Gasteiger partial charge in [0, 0.05) is 5.56 Å². The summed E-state index contributed by atoms with van der Waals surface area (Å²) in [5.74, 6) is 5.60. The van der Waals surface area contributed by atoms with Gasteiger partial charge in [-0.25, -0.2) is 5.43 Å². The quantitative estimate of drug-likeness (QED) is 0.612. The van der Waals surface area contributed by atoms with E-state index in [1.54, 1.807) is 12.5 Å². The van der Waals surface area contributed by atoms with Gasteiger partial charge < -0.3 is 4.42 Å². The number of aryl methyl sites for hydroxylation is 2. The molecule has 0 spiro atoms. The van der Waals surface area contributed by atoms with Crippen LogP contribution in [-0.2, 0) is 0 Å². The van der Waals surface area contributed by atoms with Crippen LogP contribution in [0.2, 0.25) is 0 Å². The van der Waals surface area contributed by atoms with Gasteiger partial charge in [-0.15, -0.1) is 0 Å². The molecule has 0 aliphatic carbocycles. The van der Waals surface area contributed by atoms with Crippen LogP contribution in [0.4, 0.5) is 0 Å². The molecule has 1 aromatic carbocycles. The van der Waals surface area contributed by atoms with Crippen molar-refractivity contribution >= 4 is 0 Å². The molecule has 2 aromatic rings. The number of nitrogens with one attached hydrogen (secondary N) is 1. The first-order chi connectivity index (χ1) is 7.70. The minimum atomic E-state index is -0.0163. The molecule has 1 unspecified atom stereocenters. The van der Waals surface area contributed by atoms with Crippen LogP contribution in [-0.4, -0.2) is 0 Å². The molecule has 0 aliphatic rings. The van der Waals surface area contributed by atoms with E-state index in [0.29, 0.717) is 0 Å². The number of hydrogen-bond donors (Lipinski definition) is 2. The third kappa shape index (κ3) is 2.15.